The zero-order valence-electron chi connectivity index (χ0n) is 9.71. The maximum atomic E-state index is 11.8. The zero-order valence-corrected chi connectivity index (χ0v) is 12.9. The Hall–Kier alpha value is -1.54. The van der Waals surface area contributed by atoms with Crippen LogP contribution in [0.5, 0.6) is 0 Å². The molecule has 0 spiro atoms. The summed E-state index contributed by atoms with van der Waals surface area (Å²) in [6.45, 7) is 0.409. The topological polar surface area (TPSA) is 99.6 Å². The third-order valence-electron chi connectivity index (χ3n) is 2.26. The van der Waals surface area contributed by atoms with Gasteiger partial charge in [-0.05, 0) is 44.0 Å². The van der Waals surface area contributed by atoms with E-state index in [2.05, 4.69) is 52.1 Å². The van der Waals surface area contributed by atoms with Crippen LogP contribution in [0.2, 0.25) is 0 Å². The van der Waals surface area contributed by atoms with Crippen LogP contribution in [0.1, 0.15) is 16.2 Å². The Kier molecular flexibility index (Phi) is 4.43. The largest absolute Gasteiger partial charge is 0.369 e. The molecule has 2 aromatic heterocycles. The Balaban J connectivity index is 1.85. The molecule has 2 aromatic rings. The molecule has 0 unspecified atom stereocenters. The number of nitrogens with zero attached hydrogens (tertiary/aromatic N) is 1. The number of halogens is 2. The molecule has 8 heteroatoms. The van der Waals surface area contributed by atoms with Crippen molar-refractivity contribution in [1.82, 2.24) is 20.3 Å². The number of nitrogens with one attached hydrogen (secondary N) is 3. The molecule has 0 aliphatic carbocycles. The molecule has 5 N–H and O–H groups in total. The van der Waals surface area contributed by atoms with Gasteiger partial charge in [-0.1, -0.05) is 6.08 Å². The van der Waals surface area contributed by atoms with Gasteiger partial charge in [-0.3, -0.25) is 4.79 Å². The fourth-order valence-electron chi connectivity index (χ4n) is 1.40. The standard InChI is InChI=1S/C11H11Br2N5O/c12-7-4-8(18-9(7)13)10(19)15-3-1-2-6-5-16-11(14)17-6/h1-2,4-5,18H,3H2,(H,15,19)(H3,14,16,17)/b2-1+. The molecule has 2 rings (SSSR count). The van der Waals surface area contributed by atoms with Crippen molar-refractivity contribution in [3.8, 4) is 0 Å². The maximum Gasteiger partial charge on any atom is 0.268 e. The SMILES string of the molecule is Nc1ncc(/C=C/CNC(=O)c2cc(Br)c(Br)[nH]2)[nH]1. The minimum atomic E-state index is -0.180. The average Bonchev–Trinajstić information content (AvgIpc) is 2.92. The summed E-state index contributed by atoms with van der Waals surface area (Å²) in [5.74, 6) is 0.185. The Bertz CT molecular complexity index is 597. The second kappa shape index (κ2) is 6.07. The summed E-state index contributed by atoms with van der Waals surface area (Å²) in [5, 5.41) is 2.75. The number of nitrogen functional groups attached to an aromatic ring is 1. The number of hydrogen-bond acceptors (Lipinski definition) is 3. The molecule has 19 heavy (non-hydrogen) atoms. The number of aromatic nitrogens is 3. The lowest BCUT2D eigenvalue weighted by Crippen LogP contribution is -2.23. The van der Waals surface area contributed by atoms with E-state index < -0.39 is 0 Å². The Morgan fingerprint density at radius 3 is 2.84 bits per heavy atom. The Morgan fingerprint density at radius 2 is 2.26 bits per heavy atom. The normalized spacial score (nSPS) is 11.1. The molecule has 0 atom stereocenters. The van der Waals surface area contributed by atoms with Gasteiger partial charge < -0.3 is 21.0 Å². The first kappa shape index (κ1) is 13.9. The van der Waals surface area contributed by atoms with Crippen LogP contribution in [-0.2, 0) is 0 Å². The highest BCUT2D eigenvalue weighted by Crippen LogP contribution is 2.22. The smallest absolute Gasteiger partial charge is 0.268 e. The highest BCUT2D eigenvalue weighted by molar-refractivity contribution is 9.13. The number of aromatic amines is 2. The number of amides is 1. The number of hydrogen-bond donors (Lipinski definition) is 4. The molecule has 0 fully saturated rings. The summed E-state index contributed by atoms with van der Waals surface area (Å²) < 4.78 is 1.54. The summed E-state index contributed by atoms with van der Waals surface area (Å²) in [6, 6.07) is 1.71. The van der Waals surface area contributed by atoms with Crippen molar-refractivity contribution in [1.29, 1.82) is 0 Å². The zero-order chi connectivity index (χ0) is 13.8. The first-order valence-corrected chi connectivity index (χ1v) is 6.94. The van der Waals surface area contributed by atoms with E-state index in [1.54, 1.807) is 24.4 Å². The average molecular weight is 389 g/mol. The predicted molar refractivity (Wildman–Crippen MR) is 80.6 cm³/mol. The number of imidazole rings is 1. The third kappa shape index (κ3) is 3.71. The van der Waals surface area contributed by atoms with Gasteiger partial charge in [0.1, 0.15) is 5.69 Å². The number of anilines is 1. The minimum absolute atomic E-state index is 0.180. The molecular weight excluding hydrogens is 378 g/mol. The van der Waals surface area contributed by atoms with Crippen molar-refractivity contribution in [3.63, 3.8) is 0 Å². The van der Waals surface area contributed by atoms with Gasteiger partial charge in [-0.2, -0.15) is 0 Å². The van der Waals surface area contributed by atoms with Crippen LogP contribution in [0.3, 0.4) is 0 Å². The van der Waals surface area contributed by atoms with Gasteiger partial charge in [-0.15, -0.1) is 0 Å². The minimum Gasteiger partial charge on any atom is -0.369 e. The molecule has 1 amide bonds. The van der Waals surface area contributed by atoms with E-state index in [0.717, 1.165) is 14.8 Å². The maximum absolute atomic E-state index is 11.8. The van der Waals surface area contributed by atoms with Crippen molar-refractivity contribution in [3.05, 3.63) is 38.8 Å². The van der Waals surface area contributed by atoms with Crippen LogP contribution < -0.4 is 11.1 Å². The molecule has 0 aliphatic rings. The lowest BCUT2D eigenvalue weighted by atomic mass is 10.4. The van der Waals surface area contributed by atoms with Gasteiger partial charge >= 0.3 is 0 Å². The van der Waals surface area contributed by atoms with E-state index in [9.17, 15) is 4.79 Å². The van der Waals surface area contributed by atoms with Crippen LogP contribution in [-0.4, -0.2) is 27.4 Å². The number of carbonyl (C=O) groups is 1. The molecule has 0 radical (unpaired) electrons. The molecule has 0 aromatic carbocycles. The van der Waals surface area contributed by atoms with Gasteiger partial charge in [0.05, 0.1) is 21.0 Å². The Morgan fingerprint density at radius 1 is 1.47 bits per heavy atom. The van der Waals surface area contributed by atoms with Crippen molar-refractivity contribution in [2.24, 2.45) is 0 Å². The second-order valence-electron chi connectivity index (χ2n) is 3.68. The van der Waals surface area contributed by atoms with E-state index >= 15 is 0 Å². The van der Waals surface area contributed by atoms with Crippen molar-refractivity contribution in [2.45, 2.75) is 0 Å². The predicted octanol–water partition coefficient (Wildman–Crippen LogP) is 2.29. The lowest BCUT2D eigenvalue weighted by Gasteiger charge is -1.98. The summed E-state index contributed by atoms with van der Waals surface area (Å²) in [4.78, 5) is 21.4. The quantitative estimate of drug-likeness (QED) is 0.646. The molecule has 0 bridgehead atoms. The molecule has 2 heterocycles. The van der Waals surface area contributed by atoms with Gasteiger partial charge in [-0.25, -0.2) is 4.98 Å². The third-order valence-corrected chi connectivity index (χ3v) is 4.05. The van der Waals surface area contributed by atoms with Crippen LogP contribution in [0.15, 0.2) is 27.4 Å². The van der Waals surface area contributed by atoms with E-state index in [0.29, 0.717) is 18.2 Å². The van der Waals surface area contributed by atoms with E-state index in [-0.39, 0.29) is 5.91 Å². The molecule has 0 saturated carbocycles. The van der Waals surface area contributed by atoms with E-state index in [1.807, 2.05) is 0 Å². The van der Waals surface area contributed by atoms with Gasteiger partial charge in [0, 0.05) is 6.54 Å². The molecule has 0 saturated heterocycles. The summed E-state index contributed by atoms with van der Waals surface area (Å²) in [5.41, 5.74) is 6.71. The first-order chi connectivity index (χ1) is 9.06. The van der Waals surface area contributed by atoms with Gasteiger partial charge in [0.25, 0.3) is 5.91 Å². The Labute approximate surface area is 126 Å². The van der Waals surface area contributed by atoms with E-state index in [1.165, 1.54) is 0 Å². The van der Waals surface area contributed by atoms with Gasteiger partial charge in [0.2, 0.25) is 0 Å². The monoisotopic (exact) mass is 387 g/mol. The second-order valence-corrected chi connectivity index (χ2v) is 5.33. The molecule has 100 valence electrons. The summed E-state index contributed by atoms with van der Waals surface area (Å²) in [6.07, 6.45) is 5.22. The first-order valence-electron chi connectivity index (χ1n) is 5.35. The van der Waals surface area contributed by atoms with E-state index in [4.69, 9.17) is 5.73 Å². The molecule has 0 aliphatic heterocycles. The summed E-state index contributed by atoms with van der Waals surface area (Å²) >= 11 is 6.58. The van der Waals surface area contributed by atoms with Crippen LogP contribution in [0.4, 0.5) is 5.95 Å². The number of nitrogens with two attached hydrogens (primary N) is 1. The lowest BCUT2D eigenvalue weighted by molar-refractivity contribution is 0.0953. The highest BCUT2D eigenvalue weighted by Gasteiger charge is 2.09. The van der Waals surface area contributed by atoms with Crippen molar-refractivity contribution in [2.75, 3.05) is 12.3 Å². The van der Waals surface area contributed by atoms with Crippen molar-refractivity contribution < 1.29 is 4.79 Å². The molecule has 6 nitrogen and oxygen atoms in total. The van der Waals surface area contributed by atoms with Gasteiger partial charge in [0.15, 0.2) is 5.95 Å². The number of rotatable bonds is 4. The van der Waals surface area contributed by atoms with Crippen LogP contribution >= 0.6 is 31.9 Å². The fourth-order valence-corrected chi connectivity index (χ4v) is 2.05. The number of carbonyl (C=O) groups excluding carboxylic acids is 1. The fraction of sp³-hybridized carbons (Fsp3) is 0.0909. The van der Waals surface area contributed by atoms with Crippen LogP contribution in [0.25, 0.3) is 6.08 Å². The summed E-state index contributed by atoms with van der Waals surface area (Å²) in [7, 11) is 0. The van der Waals surface area contributed by atoms with Crippen molar-refractivity contribution >= 4 is 49.8 Å². The number of H-pyrrole nitrogens is 2. The van der Waals surface area contributed by atoms with Crippen LogP contribution in [0, 0.1) is 0 Å². The molecular formula is C11H11Br2N5O. The highest BCUT2D eigenvalue weighted by atomic mass is 79.9.